The largest absolute Gasteiger partial charge is 0.482 e. The molecule has 7 nitrogen and oxygen atoms in total. The average molecular weight is 570 g/mol. The number of halogens is 2. The molecular weight excluding hydrogens is 544 g/mol. The third-order valence-electron chi connectivity index (χ3n) is 4.36. The Morgan fingerprint density at radius 1 is 1.16 bits per heavy atom. The van der Waals surface area contributed by atoms with Gasteiger partial charge in [0, 0.05) is 10.0 Å². The van der Waals surface area contributed by atoms with Crippen LogP contribution in [0.2, 0.25) is 0 Å². The maximum atomic E-state index is 12.3. The number of para-hydroxylation sites is 1. The first kappa shape index (κ1) is 25.9. The van der Waals surface area contributed by atoms with Crippen molar-refractivity contribution >= 4 is 50.0 Å². The smallest absolute Gasteiger partial charge is 0.344 e. The first-order chi connectivity index (χ1) is 15.2. The molecule has 0 bridgehead atoms. The maximum Gasteiger partial charge on any atom is 0.344 e. The summed E-state index contributed by atoms with van der Waals surface area (Å²) in [6.07, 6.45) is 1.44. The SMILES string of the molecule is CCOC(=O)COc1ccccc1/C=N\NC(=O)COc1c(C(C)C)cc(Br)c(C)c1Br. The van der Waals surface area contributed by atoms with E-state index in [1.807, 2.05) is 13.0 Å². The third kappa shape index (κ3) is 7.34. The second-order valence-electron chi connectivity index (χ2n) is 7.08. The van der Waals surface area contributed by atoms with Gasteiger partial charge in [-0.05, 0) is 65.0 Å². The fourth-order valence-electron chi connectivity index (χ4n) is 2.69. The van der Waals surface area contributed by atoms with E-state index in [1.54, 1.807) is 31.2 Å². The quantitative estimate of drug-likeness (QED) is 0.244. The Morgan fingerprint density at radius 2 is 1.88 bits per heavy atom. The molecular formula is C23H26Br2N2O5. The molecule has 1 N–H and O–H groups in total. The van der Waals surface area contributed by atoms with Crippen molar-refractivity contribution in [2.75, 3.05) is 19.8 Å². The second kappa shape index (κ2) is 12.6. The Kier molecular flexibility index (Phi) is 10.2. The van der Waals surface area contributed by atoms with Crippen molar-refractivity contribution in [3.05, 3.63) is 56.0 Å². The summed E-state index contributed by atoms with van der Waals surface area (Å²) in [6.45, 7) is 7.68. The molecule has 1 amide bonds. The highest BCUT2D eigenvalue weighted by molar-refractivity contribution is 9.11. The van der Waals surface area contributed by atoms with Gasteiger partial charge in [-0.3, -0.25) is 4.79 Å². The number of hydrogen-bond acceptors (Lipinski definition) is 6. The van der Waals surface area contributed by atoms with Crippen molar-refractivity contribution in [1.82, 2.24) is 5.43 Å². The van der Waals surface area contributed by atoms with Gasteiger partial charge < -0.3 is 14.2 Å². The number of benzene rings is 2. The summed E-state index contributed by atoms with van der Waals surface area (Å²) in [5, 5.41) is 3.97. The van der Waals surface area contributed by atoms with Gasteiger partial charge in [-0.25, -0.2) is 10.2 Å². The number of nitrogens with zero attached hydrogens (tertiary/aromatic N) is 1. The highest BCUT2D eigenvalue weighted by atomic mass is 79.9. The molecule has 0 aliphatic rings. The molecule has 9 heteroatoms. The molecule has 0 aliphatic heterocycles. The molecule has 2 rings (SSSR count). The Balaban J connectivity index is 1.99. The van der Waals surface area contributed by atoms with Crippen LogP contribution in [0.25, 0.3) is 0 Å². The van der Waals surface area contributed by atoms with Gasteiger partial charge >= 0.3 is 5.97 Å². The minimum atomic E-state index is -0.459. The van der Waals surface area contributed by atoms with Crippen LogP contribution in [0.1, 0.15) is 43.4 Å². The average Bonchev–Trinajstić information content (AvgIpc) is 2.76. The van der Waals surface area contributed by atoms with Crippen molar-refractivity contribution < 1.29 is 23.8 Å². The summed E-state index contributed by atoms with van der Waals surface area (Å²) in [6, 6.07) is 9.03. The van der Waals surface area contributed by atoms with Gasteiger partial charge in [0.2, 0.25) is 0 Å². The van der Waals surface area contributed by atoms with E-state index >= 15 is 0 Å². The summed E-state index contributed by atoms with van der Waals surface area (Å²) in [5.74, 6) is 0.432. The van der Waals surface area contributed by atoms with Gasteiger partial charge in [-0.15, -0.1) is 0 Å². The highest BCUT2D eigenvalue weighted by Gasteiger charge is 2.17. The van der Waals surface area contributed by atoms with Crippen molar-refractivity contribution in [3.8, 4) is 11.5 Å². The maximum absolute atomic E-state index is 12.3. The van der Waals surface area contributed by atoms with Gasteiger partial charge in [0.15, 0.2) is 13.2 Å². The van der Waals surface area contributed by atoms with Gasteiger partial charge in [-0.1, -0.05) is 41.9 Å². The van der Waals surface area contributed by atoms with Gasteiger partial charge in [0.05, 0.1) is 17.3 Å². The van der Waals surface area contributed by atoms with E-state index in [0.717, 1.165) is 20.1 Å². The number of hydrazone groups is 1. The lowest BCUT2D eigenvalue weighted by atomic mass is 10.0. The predicted octanol–water partition coefficient (Wildman–Crippen LogP) is 5.11. The summed E-state index contributed by atoms with van der Waals surface area (Å²) in [7, 11) is 0. The number of ether oxygens (including phenoxy) is 3. The fourth-order valence-corrected chi connectivity index (χ4v) is 3.96. The number of amides is 1. The summed E-state index contributed by atoms with van der Waals surface area (Å²) in [4.78, 5) is 23.7. The standard InChI is InChI=1S/C23H26Br2N2O5/c1-5-30-21(29)13-31-19-9-7-6-8-16(19)11-26-27-20(28)12-32-23-17(14(2)3)10-18(24)15(4)22(23)25/h6-11,14H,5,12-13H2,1-4H3,(H,27,28)/b26-11-. The molecule has 0 unspecified atom stereocenters. The molecule has 32 heavy (non-hydrogen) atoms. The van der Waals surface area contributed by atoms with Gasteiger partial charge in [-0.2, -0.15) is 5.10 Å². The Labute approximate surface area is 204 Å². The van der Waals surface area contributed by atoms with Gasteiger partial charge in [0.1, 0.15) is 11.5 Å². The molecule has 0 aromatic heterocycles. The lowest BCUT2D eigenvalue weighted by Crippen LogP contribution is -2.25. The van der Waals surface area contributed by atoms with E-state index in [0.29, 0.717) is 17.1 Å². The van der Waals surface area contributed by atoms with E-state index < -0.39 is 11.9 Å². The van der Waals surface area contributed by atoms with E-state index in [1.165, 1.54) is 6.21 Å². The molecule has 2 aromatic rings. The van der Waals surface area contributed by atoms with Crippen LogP contribution in [0, 0.1) is 6.92 Å². The Morgan fingerprint density at radius 3 is 2.56 bits per heavy atom. The van der Waals surface area contributed by atoms with Crippen LogP contribution in [0.4, 0.5) is 0 Å². The molecule has 0 heterocycles. The molecule has 0 fully saturated rings. The second-order valence-corrected chi connectivity index (χ2v) is 8.73. The highest BCUT2D eigenvalue weighted by Crippen LogP contribution is 2.40. The zero-order valence-corrected chi connectivity index (χ0v) is 21.6. The number of carbonyl (C=O) groups is 2. The number of rotatable bonds is 10. The number of carbonyl (C=O) groups excluding carboxylic acids is 2. The minimum absolute atomic E-state index is 0.197. The fraction of sp³-hybridized carbons (Fsp3) is 0.348. The van der Waals surface area contributed by atoms with Crippen molar-refractivity contribution in [2.45, 2.75) is 33.6 Å². The summed E-state index contributed by atoms with van der Waals surface area (Å²) < 4.78 is 17.9. The molecule has 0 saturated carbocycles. The first-order valence-corrected chi connectivity index (χ1v) is 11.6. The zero-order chi connectivity index (χ0) is 23.7. The molecule has 172 valence electrons. The van der Waals surface area contributed by atoms with Crippen LogP contribution in [0.15, 0.2) is 44.4 Å². The van der Waals surface area contributed by atoms with Crippen LogP contribution < -0.4 is 14.9 Å². The monoisotopic (exact) mass is 568 g/mol. The molecule has 2 aromatic carbocycles. The van der Waals surface area contributed by atoms with Crippen LogP contribution in [-0.2, 0) is 14.3 Å². The van der Waals surface area contributed by atoms with E-state index in [9.17, 15) is 9.59 Å². The molecule has 0 radical (unpaired) electrons. The molecule has 0 saturated heterocycles. The Bertz CT molecular complexity index is 993. The molecule has 0 aliphatic carbocycles. The van der Waals surface area contributed by atoms with Crippen LogP contribution in [-0.4, -0.2) is 37.9 Å². The van der Waals surface area contributed by atoms with Crippen LogP contribution in [0.3, 0.4) is 0 Å². The van der Waals surface area contributed by atoms with Crippen molar-refractivity contribution in [1.29, 1.82) is 0 Å². The van der Waals surface area contributed by atoms with Crippen LogP contribution >= 0.6 is 31.9 Å². The third-order valence-corrected chi connectivity index (χ3v) is 6.14. The van der Waals surface area contributed by atoms with E-state index in [4.69, 9.17) is 14.2 Å². The topological polar surface area (TPSA) is 86.2 Å². The predicted molar refractivity (Wildman–Crippen MR) is 130 cm³/mol. The van der Waals surface area contributed by atoms with Crippen molar-refractivity contribution in [3.63, 3.8) is 0 Å². The van der Waals surface area contributed by atoms with Gasteiger partial charge in [0.25, 0.3) is 5.91 Å². The molecule has 0 spiro atoms. The Hall–Kier alpha value is -2.39. The normalized spacial score (nSPS) is 11.0. The number of hydrogen-bond donors (Lipinski definition) is 1. The van der Waals surface area contributed by atoms with E-state index in [-0.39, 0.29) is 25.7 Å². The van der Waals surface area contributed by atoms with Crippen LogP contribution in [0.5, 0.6) is 11.5 Å². The summed E-state index contributed by atoms with van der Waals surface area (Å²) >= 11 is 7.11. The van der Waals surface area contributed by atoms with E-state index in [2.05, 4.69) is 56.2 Å². The number of esters is 1. The first-order valence-electron chi connectivity index (χ1n) is 10.0. The lowest BCUT2D eigenvalue weighted by Gasteiger charge is -2.18. The zero-order valence-electron chi connectivity index (χ0n) is 18.4. The lowest BCUT2D eigenvalue weighted by molar-refractivity contribution is -0.145. The number of nitrogens with one attached hydrogen (secondary N) is 1. The summed E-state index contributed by atoms with van der Waals surface area (Å²) in [5.41, 5.74) is 5.02. The van der Waals surface area contributed by atoms with Crippen molar-refractivity contribution in [2.24, 2.45) is 5.10 Å². The molecule has 0 atom stereocenters. The minimum Gasteiger partial charge on any atom is -0.482 e.